The number of carbonyl (C=O) groups excluding carboxylic acids is 1. The number of fused-ring (bicyclic) bond motifs is 1. The predicted octanol–water partition coefficient (Wildman–Crippen LogP) is 4.43. The zero-order valence-corrected chi connectivity index (χ0v) is 14.2. The van der Waals surface area contributed by atoms with Gasteiger partial charge in [-0.1, -0.05) is 11.6 Å². The number of carbonyl (C=O) groups is 1. The minimum atomic E-state index is -0.421. The average Bonchev–Trinajstić information content (AvgIpc) is 2.93. The maximum absolute atomic E-state index is 14.4. The van der Waals surface area contributed by atoms with Gasteiger partial charge in [0.15, 0.2) is 5.82 Å². The molecule has 124 valence electrons. The molecule has 2 aromatic heterocycles. The average molecular weight is 347 g/mol. The molecule has 24 heavy (non-hydrogen) atoms. The highest BCUT2D eigenvalue weighted by Crippen LogP contribution is 2.33. The van der Waals surface area contributed by atoms with E-state index in [1.165, 1.54) is 19.2 Å². The molecule has 0 aliphatic carbocycles. The number of imidazole rings is 1. The van der Waals surface area contributed by atoms with Crippen LogP contribution in [0.1, 0.15) is 26.8 Å². The van der Waals surface area contributed by atoms with E-state index in [0.717, 1.165) is 0 Å². The van der Waals surface area contributed by atoms with Crippen LogP contribution in [0.3, 0.4) is 0 Å². The van der Waals surface area contributed by atoms with Gasteiger partial charge in [0, 0.05) is 24.7 Å². The number of halogens is 2. The summed E-state index contributed by atoms with van der Waals surface area (Å²) >= 11 is 6.23. The summed E-state index contributed by atoms with van der Waals surface area (Å²) in [6.45, 7) is 5.39. The van der Waals surface area contributed by atoms with Crippen molar-refractivity contribution in [1.82, 2.24) is 14.5 Å². The molecule has 0 radical (unpaired) electrons. The number of anilines is 1. The number of hydrogen-bond acceptors (Lipinski definition) is 3. The summed E-state index contributed by atoms with van der Waals surface area (Å²) < 4.78 is 16.3. The van der Waals surface area contributed by atoms with Gasteiger partial charge >= 0.3 is 0 Å². The highest BCUT2D eigenvalue weighted by atomic mass is 35.5. The fourth-order valence-electron chi connectivity index (χ4n) is 2.57. The third kappa shape index (κ3) is 2.97. The fourth-order valence-corrected chi connectivity index (χ4v) is 2.78. The van der Waals surface area contributed by atoms with E-state index in [1.807, 2.05) is 24.5 Å². The first-order valence-corrected chi connectivity index (χ1v) is 7.84. The molecule has 0 aliphatic rings. The zero-order chi connectivity index (χ0) is 17.4. The van der Waals surface area contributed by atoms with Crippen molar-refractivity contribution < 1.29 is 9.18 Å². The Bertz CT molecular complexity index is 936. The van der Waals surface area contributed by atoms with E-state index in [1.54, 1.807) is 12.4 Å². The summed E-state index contributed by atoms with van der Waals surface area (Å²) in [6.07, 6.45) is 3.06. The van der Waals surface area contributed by atoms with Gasteiger partial charge < -0.3 is 9.88 Å². The van der Waals surface area contributed by atoms with Crippen molar-refractivity contribution in [2.45, 2.75) is 26.8 Å². The fraction of sp³-hybridized carbons (Fsp3) is 0.235. The molecule has 1 amide bonds. The summed E-state index contributed by atoms with van der Waals surface area (Å²) in [5.74, 6) is -0.300. The van der Waals surface area contributed by atoms with E-state index >= 15 is 0 Å². The van der Waals surface area contributed by atoms with Crippen LogP contribution in [0, 0.1) is 5.82 Å². The number of aromatic nitrogens is 3. The van der Waals surface area contributed by atoms with Gasteiger partial charge in [0.1, 0.15) is 11.3 Å². The summed E-state index contributed by atoms with van der Waals surface area (Å²) in [6, 6.07) is 5.00. The number of hydrogen-bond donors (Lipinski definition) is 1. The Kier molecular flexibility index (Phi) is 4.24. The molecule has 0 saturated carbocycles. The van der Waals surface area contributed by atoms with Crippen LogP contribution in [-0.4, -0.2) is 20.4 Å². The van der Waals surface area contributed by atoms with Gasteiger partial charge in [-0.05, 0) is 37.6 Å². The molecule has 1 aromatic carbocycles. The second-order valence-electron chi connectivity index (χ2n) is 5.80. The van der Waals surface area contributed by atoms with Crippen LogP contribution in [0.5, 0.6) is 0 Å². The van der Waals surface area contributed by atoms with Gasteiger partial charge in [-0.25, -0.2) is 14.4 Å². The van der Waals surface area contributed by atoms with Crippen molar-refractivity contribution in [3.05, 3.63) is 41.6 Å². The van der Waals surface area contributed by atoms with Crippen molar-refractivity contribution in [1.29, 1.82) is 0 Å². The lowest BCUT2D eigenvalue weighted by Crippen LogP contribution is -2.07. The van der Waals surface area contributed by atoms with Gasteiger partial charge in [-0.3, -0.25) is 4.79 Å². The van der Waals surface area contributed by atoms with Crippen LogP contribution in [0.25, 0.3) is 22.2 Å². The predicted molar refractivity (Wildman–Crippen MR) is 92.6 cm³/mol. The smallest absolute Gasteiger partial charge is 0.222 e. The molecule has 0 bridgehead atoms. The summed E-state index contributed by atoms with van der Waals surface area (Å²) in [5, 5.41) is 2.97. The third-order valence-corrected chi connectivity index (χ3v) is 3.96. The van der Waals surface area contributed by atoms with E-state index in [2.05, 4.69) is 15.3 Å². The summed E-state index contributed by atoms with van der Waals surface area (Å²) in [5.41, 5.74) is 2.20. The molecule has 0 atom stereocenters. The van der Waals surface area contributed by atoms with Crippen molar-refractivity contribution in [2.75, 3.05) is 5.32 Å². The first-order chi connectivity index (χ1) is 11.4. The molecule has 2 heterocycles. The lowest BCUT2D eigenvalue weighted by Gasteiger charge is -2.11. The standard InChI is InChI=1S/C17H16ClFN4O/c1-9(2)23-8-21-17-14(19)4-11(5-15(17)23)12-6-16(22-10(3)24)20-7-13(12)18/h4-9H,1-3H3,(H,20,22,24). The van der Waals surface area contributed by atoms with Crippen molar-refractivity contribution in [2.24, 2.45) is 0 Å². The molecule has 3 aromatic rings. The molecule has 0 unspecified atom stereocenters. The number of nitrogens with one attached hydrogen (secondary N) is 1. The van der Waals surface area contributed by atoms with Crippen molar-refractivity contribution in [3.8, 4) is 11.1 Å². The maximum Gasteiger partial charge on any atom is 0.222 e. The van der Waals surface area contributed by atoms with E-state index in [4.69, 9.17) is 11.6 Å². The molecule has 7 heteroatoms. The number of benzene rings is 1. The van der Waals surface area contributed by atoms with E-state index in [9.17, 15) is 9.18 Å². The second kappa shape index (κ2) is 6.20. The van der Waals surface area contributed by atoms with E-state index in [-0.39, 0.29) is 11.9 Å². The third-order valence-electron chi connectivity index (χ3n) is 3.66. The normalized spacial score (nSPS) is 11.2. The van der Waals surface area contributed by atoms with Crippen LogP contribution >= 0.6 is 11.6 Å². The van der Waals surface area contributed by atoms with Crippen molar-refractivity contribution in [3.63, 3.8) is 0 Å². The minimum absolute atomic E-state index is 0.146. The van der Waals surface area contributed by atoms with Crippen LogP contribution in [0.2, 0.25) is 5.02 Å². The molecule has 1 N–H and O–H groups in total. The number of nitrogens with zero attached hydrogens (tertiary/aromatic N) is 3. The summed E-state index contributed by atoms with van der Waals surface area (Å²) in [4.78, 5) is 19.4. The molecule has 3 rings (SSSR count). The molecule has 0 saturated heterocycles. The molecular weight excluding hydrogens is 331 g/mol. The molecule has 0 aliphatic heterocycles. The zero-order valence-electron chi connectivity index (χ0n) is 13.5. The number of amides is 1. The van der Waals surface area contributed by atoms with E-state index in [0.29, 0.717) is 33.0 Å². The molecule has 5 nitrogen and oxygen atoms in total. The first kappa shape index (κ1) is 16.4. The largest absolute Gasteiger partial charge is 0.328 e. The highest BCUT2D eigenvalue weighted by Gasteiger charge is 2.15. The maximum atomic E-state index is 14.4. The molecule has 0 fully saturated rings. The quantitative estimate of drug-likeness (QED) is 0.763. The monoisotopic (exact) mass is 346 g/mol. The number of rotatable bonds is 3. The van der Waals surface area contributed by atoms with Crippen LogP contribution in [-0.2, 0) is 4.79 Å². The SMILES string of the molecule is CC(=O)Nc1cc(-c2cc(F)c3ncn(C(C)C)c3c2)c(Cl)cn1. The lowest BCUT2D eigenvalue weighted by atomic mass is 10.1. The van der Waals surface area contributed by atoms with Crippen LogP contribution < -0.4 is 5.32 Å². The van der Waals surface area contributed by atoms with Gasteiger partial charge in [0.05, 0.1) is 16.9 Å². The van der Waals surface area contributed by atoms with Gasteiger partial charge in [0.25, 0.3) is 0 Å². The van der Waals surface area contributed by atoms with Gasteiger partial charge in [-0.15, -0.1) is 0 Å². The second-order valence-corrected chi connectivity index (χ2v) is 6.21. The van der Waals surface area contributed by atoms with Crippen LogP contribution in [0.4, 0.5) is 10.2 Å². The first-order valence-electron chi connectivity index (χ1n) is 7.46. The molecule has 0 spiro atoms. The van der Waals surface area contributed by atoms with Crippen molar-refractivity contribution >= 4 is 34.4 Å². The highest BCUT2D eigenvalue weighted by molar-refractivity contribution is 6.33. The summed E-state index contributed by atoms with van der Waals surface area (Å²) in [7, 11) is 0. The number of pyridine rings is 1. The Morgan fingerprint density at radius 1 is 1.29 bits per heavy atom. The Labute approximate surface area is 143 Å². The topological polar surface area (TPSA) is 59.8 Å². The van der Waals surface area contributed by atoms with Gasteiger partial charge in [-0.2, -0.15) is 0 Å². The minimum Gasteiger partial charge on any atom is -0.328 e. The Hall–Kier alpha value is -2.47. The Balaban J connectivity index is 2.19. The Morgan fingerprint density at radius 3 is 2.71 bits per heavy atom. The Morgan fingerprint density at radius 2 is 2.04 bits per heavy atom. The van der Waals surface area contributed by atoms with E-state index < -0.39 is 5.82 Å². The van der Waals surface area contributed by atoms with Crippen LogP contribution in [0.15, 0.2) is 30.7 Å². The van der Waals surface area contributed by atoms with Gasteiger partial charge in [0.2, 0.25) is 5.91 Å². The molecular formula is C17H16ClFN4O. The lowest BCUT2D eigenvalue weighted by molar-refractivity contribution is -0.114.